The summed E-state index contributed by atoms with van der Waals surface area (Å²) in [6.07, 6.45) is 3.62. The van der Waals surface area contributed by atoms with Crippen molar-refractivity contribution in [1.82, 2.24) is 4.31 Å². The van der Waals surface area contributed by atoms with Crippen molar-refractivity contribution in [3.8, 4) is 0 Å². The molecule has 2 bridgehead atoms. The van der Waals surface area contributed by atoms with Crippen molar-refractivity contribution in [3.05, 3.63) is 0 Å². The number of hydrogen-bond acceptors (Lipinski definition) is 2. The molecule has 5 heteroatoms. The monoisotopic (exact) mass is 251 g/mol. The Balaban J connectivity index is 2.26. The maximum atomic E-state index is 12.1. The highest BCUT2D eigenvalue weighted by Crippen LogP contribution is 2.40. The Morgan fingerprint density at radius 3 is 2.07 bits per heavy atom. The summed E-state index contributed by atoms with van der Waals surface area (Å²) >= 11 is 6.12. The molecule has 0 aromatic rings. The van der Waals surface area contributed by atoms with Crippen molar-refractivity contribution in [2.75, 3.05) is 0 Å². The number of alkyl halides is 1. The highest BCUT2D eigenvalue weighted by Gasteiger charge is 2.46. The van der Waals surface area contributed by atoms with Gasteiger partial charge in [0.25, 0.3) is 0 Å². The van der Waals surface area contributed by atoms with Crippen LogP contribution in [-0.4, -0.2) is 35.4 Å². The maximum absolute atomic E-state index is 12.1. The third-order valence-electron chi connectivity index (χ3n) is 3.50. The van der Waals surface area contributed by atoms with E-state index >= 15 is 0 Å². The molecule has 0 amide bonds. The van der Waals surface area contributed by atoms with Gasteiger partial charge < -0.3 is 0 Å². The third-order valence-corrected chi connectivity index (χ3v) is 6.23. The quantitative estimate of drug-likeness (QED) is 0.704. The molecule has 0 radical (unpaired) electrons. The molecule has 2 aliphatic rings. The maximum Gasteiger partial charge on any atom is 0.216 e. The average Bonchev–Trinajstić information content (AvgIpc) is 2.39. The molecule has 2 unspecified atom stereocenters. The summed E-state index contributed by atoms with van der Waals surface area (Å²) in [4.78, 5) is 0. The van der Waals surface area contributed by atoms with Gasteiger partial charge >= 0.3 is 0 Å². The first-order valence-electron chi connectivity index (χ1n) is 5.59. The summed E-state index contributed by atoms with van der Waals surface area (Å²) in [6, 6.07) is 0.331. The second kappa shape index (κ2) is 3.90. The van der Waals surface area contributed by atoms with Gasteiger partial charge in [0, 0.05) is 17.5 Å². The Morgan fingerprint density at radius 2 is 1.67 bits per heavy atom. The lowest BCUT2D eigenvalue weighted by Crippen LogP contribution is -2.49. The predicted molar refractivity (Wildman–Crippen MR) is 61.6 cm³/mol. The molecule has 2 saturated heterocycles. The van der Waals surface area contributed by atoms with Gasteiger partial charge in [-0.1, -0.05) is 0 Å². The topological polar surface area (TPSA) is 37.4 Å². The molecule has 88 valence electrons. The van der Waals surface area contributed by atoms with Crippen LogP contribution in [0.3, 0.4) is 0 Å². The van der Waals surface area contributed by atoms with Crippen LogP contribution in [0.4, 0.5) is 0 Å². The zero-order valence-corrected chi connectivity index (χ0v) is 10.8. The normalized spacial score (nSPS) is 37.5. The fourth-order valence-electron chi connectivity index (χ4n) is 2.73. The Kier molecular flexibility index (Phi) is 3.03. The van der Waals surface area contributed by atoms with Gasteiger partial charge in [0.15, 0.2) is 0 Å². The molecule has 2 aliphatic heterocycles. The van der Waals surface area contributed by atoms with Crippen LogP contribution >= 0.6 is 11.6 Å². The predicted octanol–water partition coefficient (Wildman–Crippen LogP) is 1.96. The van der Waals surface area contributed by atoms with E-state index in [9.17, 15) is 8.42 Å². The lowest BCUT2D eigenvalue weighted by atomic mass is 10.1. The fraction of sp³-hybridized carbons (Fsp3) is 1.00. The summed E-state index contributed by atoms with van der Waals surface area (Å²) in [5.74, 6) is 0. The number of hydrogen-bond donors (Lipinski definition) is 0. The molecule has 2 heterocycles. The number of fused-ring (bicyclic) bond motifs is 2. The zero-order chi connectivity index (χ0) is 11.2. The smallest absolute Gasteiger partial charge is 0.212 e. The number of sulfonamides is 1. The van der Waals surface area contributed by atoms with E-state index in [0.29, 0.717) is 0 Å². The lowest BCUT2D eigenvalue weighted by molar-refractivity contribution is 0.249. The van der Waals surface area contributed by atoms with Gasteiger partial charge in [-0.15, -0.1) is 11.6 Å². The van der Waals surface area contributed by atoms with E-state index in [0.717, 1.165) is 25.7 Å². The molecule has 0 aromatic carbocycles. The van der Waals surface area contributed by atoms with Crippen LogP contribution in [0.1, 0.15) is 39.5 Å². The van der Waals surface area contributed by atoms with Crippen LogP contribution in [0, 0.1) is 0 Å². The Labute approximate surface area is 96.8 Å². The molecular weight excluding hydrogens is 234 g/mol. The molecule has 0 aliphatic carbocycles. The standard InChI is InChI=1S/C10H18ClNO2S/c1-7(2)15(13,14)12-9-3-4-10(12)6-8(11)5-9/h7-10H,3-6H2,1-2H3. The molecule has 15 heavy (non-hydrogen) atoms. The Hall–Kier alpha value is 0.200. The first kappa shape index (κ1) is 11.7. The minimum absolute atomic E-state index is 0.165. The Bertz CT molecular complexity index is 327. The summed E-state index contributed by atoms with van der Waals surface area (Å²) < 4.78 is 26.0. The van der Waals surface area contributed by atoms with Crippen LogP contribution in [0.2, 0.25) is 0 Å². The zero-order valence-electron chi connectivity index (χ0n) is 9.19. The SMILES string of the molecule is CC(C)S(=O)(=O)N1C2CCC1CC(Cl)C2. The van der Waals surface area contributed by atoms with Crippen molar-refractivity contribution in [1.29, 1.82) is 0 Å². The highest BCUT2D eigenvalue weighted by molar-refractivity contribution is 7.89. The number of rotatable bonds is 2. The van der Waals surface area contributed by atoms with Crippen LogP contribution in [0.25, 0.3) is 0 Å². The highest BCUT2D eigenvalue weighted by atomic mass is 35.5. The summed E-state index contributed by atoms with van der Waals surface area (Å²) in [6.45, 7) is 3.50. The molecule has 0 saturated carbocycles. The summed E-state index contributed by atoms with van der Waals surface area (Å²) in [7, 11) is -3.08. The van der Waals surface area contributed by atoms with Crippen molar-refractivity contribution in [2.24, 2.45) is 0 Å². The second-order valence-electron chi connectivity index (χ2n) is 4.88. The van der Waals surface area contributed by atoms with Crippen LogP contribution in [-0.2, 0) is 10.0 Å². The van der Waals surface area contributed by atoms with E-state index in [2.05, 4.69) is 0 Å². The fourth-order valence-corrected chi connectivity index (χ4v) is 4.84. The van der Waals surface area contributed by atoms with Crippen LogP contribution in [0.15, 0.2) is 0 Å². The van der Waals surface area contributed by atoms with Gasteiger partial charge in [0.2, 0.25) is 10.0 Å². The molecular formula is C10H18ClNO2S. The van der Waals surface area contributed by atoms with E-state index in [4.69, 9.17) is 11.6 Å². The van der Waals surface area contributed by atoms with E-state index in [-0.39, 0.29) is 22.7 Å². The second-order valence-corrected chi connectivity index (χ2v) is 7.89. The van der Waals surface area contributed by atoms with E-state index in [1.807, 2.05) is 0 Å². The van der Waals surface area contributed by atoms with Gasteiger partial charge in [-0.3, -0.25) is 0 Å². The number of halogens is 1. The minimum atomic E-state index is -3.08. The number of nitrogens with zero attached hydrogens (tertiary/aromatic N) is 1. The lowest BCUT2D eigenvalue weighted by Gasteiger charge is -2.36. The third kappa shape index (κ3) is 1.92. The van der Waals surface area contributed by atoms with Crippen molar-refractivity contribution < 1.29 is 8.42 Å². The number of piperidine rings is 1. The summed E-state index contributed by atoms with van der Waals surface area (Å²) in [5, 5.41) is -0.145. The minimum Gasteiger partial charge on any atom is -0.212 e. The van der Waals surface area contributed by atoms with Gasteiger partial charge in [0.1, 0.15) is 0 Å². The average molecular weight is 252 g/mol. The van der Waals surface area contributed by atoms with Crippen molar-refractivity contribution in [2.45, 2.75) is 62.2 Å². The van der Waals surface area contributed by atoms with E-state index in [1.165, 1.54) is 0 Å². The summed E-state index contributed by atoms with van der Waals surface area (Å²) in [5.41, 5.74) is 0. The Morgan fingerprint density at radius 1 is 1.20 bits per heavy atom. The first-order valence-corrected chi connectivity index (χ1v) is 7.53. The van der Waals surface area contributed by atoms with E-state index in [1.54, 1.807) is 18.2 Å². The molecule has 0 spiro atoms. The van der Waals surface area contributed by atoms with Gasteiger partial charge in [-0.05, 0) is 39.5 Å². The molecule has 2 fully saturated rings. The molecule has 0 N–H and O–H groups in total. The molecule has 2 atom stereocenters. The molecule has 3 nitrogen and oxygen atoms in total. The molecule has 0 aromatic heterocycles. The molecule has 2 rings (SSSR count). The van der Waals surface area contributed by atoms with Crippen molar-refractivity contribution in [3.63, 3.8) is 0 Å². The van der Waals surface area contributed by atoms with Crippen LogP contribution in [0.5, 0.6) is 0 Å². The largest absolute Gasteiger partial charge is 0.216 e. The first-order chi connectivity index (χ1) is 6.93. The van der Waals surface area contributed by atoms with Crippen molar-refractivity contribution >= 4 is 21.6 Å². The van der Waals surface area contributed by atoms with Gasteiger partial charge in [-0.25, -0.2) is 8.42 Å². The van der Waals surface area contributed by atoms with Gasteiger partial charge in [-0.2, -0.15) is 4.31 Å². The van der Waals surface area contributed by atoms with Crippen LogP contribution < -0.4 is 0 Å². The van der Waals surface area contributed by atoms with Gasteiger partial charge in [0.05, 0.1) is 5.25 Å². The van der Waals surface area contributed by atoms with E-state index < -0.39 is 10.0 Å².